The van der Waals surface area contributed by atoms with Crippen molar-refractivity contribution in [3.63, 3.8) is 0 Å². The minimum Gasteiger partial charge on any atom is -0.493 e. The molecule has 0 saturated heterocycles. The van der Waals surface area contributed by atoms with Gasteiger partial charge in [0.1, 0.15) is 5.75 Å². The second-order valence-electron chi connectivity index (χ2n) is 6.15. The summed E-state index contributed by atoms with van der Waals surface area (Å²) in [5.41, 5.74) is 4.45. The predicted molar refractivity (Wildman–Crippen MR) is 112 cm³/mol. The minimum atomic E-state index is 0.478. The topological polar surface area (TPSA) is 48.2 Å². The van der Waals surface area contributed by atoms with Crippen molar-refractivity contribution in [1.82, 2.24) is 10.2 Å². The van der Waals surface area contributed by atoms with E-state index in [1.807, 2.05) is 37.3 Å². The smallest absolute Gasteiger partial charge is 0.277 e. The maximum atomic E-state index is 5.83. The molecule has 4 rings (SSSR count). The van der Waals surface area contributed by atoms with Crippen molar-refractivity contribution in [1.29, 1.82) is 0 Å². The summed E-state index contributed by atoms with van der Waals surface area (Å²) in [5, 5.41) is 8.89. The maximum Gasteiger partial charge on any atom is 0.277 e. The third kappa shape index (κ3) is 4.26. The summed E-state index contributed by atoms with van der Waals surface area (Å²) >= 11 is 1.53. The van der Waals surface area contributed by atoms with Crippen LogP contribution in [0.15, 0.2) is 88.5 Å². The van der Waals surface area contributed by atoms with Crippen LogP contribution in [0.4, 0.5) is 0 Å². The first-order valence-corrected chi connectivity index (χ1v) is 10.1. The number of hydrogen-bond donors (Lipinski definition) is 0. The van der Waals surface area contributed by atoms with E-state index in [0.29, 0.717) is 17.7 Å². The summed E-state index contributed by atoms with van der Waals surface area (Å²) in [7, 11) is 0. The second kappa shape index (κ2) is 8.76. The molecule has 0 aliphatic rings. The van der Waals surface area contributed by atoms with Crippen molar-refractivity contribution in [2.24, 2.45) is 0 Å². The lowest BCUT2D eigenvalue weighted by atomic mass is 10.0. The molecule has 0 fully saturated rings. The Hall–Kier alpha value is -3.05. The molecule has 4 nitrogen and oxygen atoms in total. The van der Waals surface area contributed by atoms with Gasteiger partial charge in [-0.25, -0.2) is 0 Å². The molecule has 0 bridgehead atoms. The van der Waals surface area contributed by atoms with Crippen LogP contribution in [0, 0.1) is 0 Å². The Morgan fingerprint density at radius 1 is 0.821 bits per heavy atom. The SMILES string of the molecule is CCOc1ccccc1-c1nnc(SCc2ccc(-c3ccccc3)cc2)o1. The minimum absolute atomic E-state index is 0.478. The number of thioether (sulfide) groups is 1. The van der Waals surface area contributed by atoms with Crippen molar-refractivity contribution < 1.29 is 9.15 Å². The van der Waals surface area contributed by atoms with E-state index in [9.17, 15) is 0 Å². The molecule has 5 heteroatoms. The predicted octanol–water partition coefficient (Wildman–Crippen LogP) is 6.09. The zero-order chi connectivity index (χ0) is 19.2. The Balaban J connectivity index is 1.42. The average molecular weight is 388 g/mol. The maximum absolute atomic E-state index is 5.83. The summed E-state index contributed by atoms with van der Waals surface area (Å²) in [4.78, 5) is 0. The second-order valence-corrected chi connectivity index (χ2v) is 7.08. The molecule has 0 amide bonds. The van der Waals surface area contributed by atoms with Crippen LogP contribution in [0.25, 0.3) is 22.6 Å². The average Bonchev–Trinajstić information content (AvgIpc) is 3.23. The van der Waals surface area contributed by atoms with Crippen molar-refractivity contribution in [3.8, 4) is 28.3 Å². The Morgan fingerprint density at radius 3 is 2.32 bits per heavy atom. The van der Waals surface area contributed by atoms with Crippen molar-refractivity contribution >= 4 is 11.8 Å². The molecule has 0 saturated carbocycles. The summed E-state index contributed by atoms with van der Waals surface area (Å²) in [6.07, 6.45) is 0. The van der Waals surface area contributed by atoms with E-state index < -0.39 is 0 Å². The molecule has 0 atom stereocenters. The van der Waals surface area contributed by atoms with Crippen LogP contribution in [0.3, 0.4) is 0 Å². The van der Waals surface area contributed by atoms with E-state index in [-0.39, 0.29) is 0 Å². The van der Waals surface area contributed by atoms with Crippen molar-refractivity contribution in [2.45, 2.75) is 17.9 Å². The highest BCUT2D eigenvalue weighted by Crippen LogP contribution is 2.31. The summed E-state index contributed by atoms with van der Waals surface area (Å²) in [5.74, 6) is 2.00. The number of hydrogen-bond acceptors (Lipinski definition) is 5. The fourth-order valence-corrected chi connectivity index (χ4v) is 3.59. The molecule has 1 aromatic heterocycles. The fraction of sp³-hybridized carbons (Fsp3) is 0.130. The first kappa shape index (κ1) is 18.3. The Kier molecular flexibility index (Phi) is 5.73. The molecule has 3 aromatic carbocycles. The van der Waals surface area contributed by atoms with Crippen LogP contribution < -0.4 is 4.74 Å². The zero-order valence-corrected chi connectivity index (χ0v) is 16.4. The lowest BCUT2D eigenvalue weighted by Crippen LogP contribution is -1.93. The zero-order valence-electron chi connectivity index (χ0n) is 15.5. The molecular weight excluding hydrogens is 368 g/mol. The van der Waals surface area contributed by atoms with Gasteiger partial charge in [-0.3, -0.25) is 0 Å². The molecule has 1 heterocycles. The van der Waals surface area contributed by atoms with Gasteiger partial charge in [0.2, 0.25) is 0 Å². The Labute approximate surface area is 168 Å². The van der Waals surface area contributed by atoms with Gasteiger partial charge >= 0.3 is 0 Å². The number of nitrogens with zero attached hydrogens (tertiary/aromatic N) is 2. The lowest BCUT2D eigenvalue weighted by molar-refractivity contribution is 0.340. The standard InChI is InChI=1S/C23H20N2O2S/c1-2-26-21-11-7-6-10-20(21)22-24-25-23(27-22)28-16-17-12-14-19(15-13-17)18-8-4-3-5-9-18/h3-15H,2,16H2,1H3. The summed E-state index contributed by atoms with van der Waals surface area (Å²) in [6, 6.07) is 26.6. The van der Waals surface area contributed by atoms with Crippen molar-refractivity contribution in [2.75, 3.05) is 6.61 Å². The fourth-order valence-electron chi connectivity index (χ4n) is 2.87. The highest BCUT2D eigenvalue weighted by atomic mass is 32.2. The first-order chi connectivity index (χ1) is 13.8. The number of rotatable bonds is 7. The van der Waals surface area contributed by atoms with Crippen LogP contribution in [-0.4, -0.2) is 16.8 Å². The molecular formula is C23H20N2O2S. The first-order valence-electron chi connectivity index (χ1n) is 9.16. The molecule has 0 unspecified atom stereocenters. The van der Waals surface area contributed by atoms with Gasteiger partial charge in [0.05, 0.1) is 12.2 Å². The molecule has 0 aliphatic heterocycles. The van der Waals surface area contributed by atoms with Crippen LogP contribution in [0.2, 0.25) is 0 Å². The third-order valence-corrected chi connectivity index (χ3v) is 5.14. The highest BCUT2D eigenvalue weighted by Gasteiger charge is 2.13. The van der Waals surface area contributed by atoms with E-state index in [4.69, 9.17) is 9.15 Å². The Bertz CT molecular complexity index is 1030. The van der Waals surface area contributed by atoms with E-state index in [1.54, 1.807) is 0 Å². The third-order valence-electron chi connectivity index (χ3n) is 4.25. The number of para-hydroxylation sites is 1. The van der Waals surface area contributed by atoms with Gasteiger partial charge in [0.15, 0.2) is 0 Å². The molecule has 28 heavy (non-hydrogen) atoms. The Morgan fingerprint density at radius 2 is 1.54 bits per heavy atom. The van der Waals surface area contributed by atoms with Gasteiger partial charge in [-0.1, -0.05) is 78.5 Å². The monoisotopic (exact) mass is 388 g/mol. The van der Waals surface area contributed by atoms with Crippen LogP contribution in [0.1, 0.15) is 12.5 Å². The van der Waals surface area contributed by atoms with E-state index in [0.717, 1.165) is 17.1 Å². The normalized spacial score (nSPS) is 10.8. The van der Waals surface area contributed by atoms with Gasteiger partial charge in [-0.2, -0.15) is 0 Å². The molecule has 140 valence electrons. The molecule has 0 aliphatic carbocycles. The molecule has 0 N–H and O–H groups in total. The van der Waals surface area contributed by atoms with E-state index >= 15 is 0 Å². The van der Waals surface area contributed by atoms with E-state index in [1.165, 1.54) is 28.5 Å². The number of aromatic nitrogens is 2. The van der Waals surface area contributed by atoms with Crippen LogP contribution in [-0.2, 0) is 5.75 Å². The van der Waals surface area contributed by atoms with Crippen LogP contribution in [0.5, 0.6) is 5.75 Å². The van der Waals surface area contributed by atoms with Gasteiger partial charge in [-0.05, 0) is 35.7 Å². The van der Waals surface area contributed by atoms with E-state index in [2.05, 4.69) is 58.7 Å². The number of ether oxygens (including phenoxy) is 1. The lowest BCUT2D eigenvalue weighted by Gasteiger charge is -2.06. The van der Waals surface area contributed by atoms with Crippen LogP contribution >= 0.6 is 11.8 Å². The molecule has 0 spiro atoms. The number of benzene rings is 3. The molecule has 4 aromatic rings. The van der Waals surface area contributed by atoms with Gasteiger partial charge in [-0.15, -0.1) is 10.2 Å². The van der Waals surface area contributed by atoms with Gasteiger partial charge in [0.25, 0.3) is 11.1 Å². The van der Waals surface area contributed by atoms with Gasteiger partial charge in [0, 0.05) is 5.75 Å². The summed E-state index contributed by atoms with van der Waals surface area (Å²) < 4.78 is 11.5. The quantitative estimate of drug-likeness (QED) is 0.358. The molecule has 0 radical (unpaired) electrons. The van der Waals surface area contributed by atoms with Gasteiger partial charge < -0.3 is 9.15 Å². The highest BCUT2D eigenvalue weighted by molar-refractivity contribution is 7.98. The summed E-state index contributed by atoms with van der Waals surface area (Å²) in [6.45, 7) is 2.54. The largest absolute Gasteiger partial charge is 0.493 e. The van der Waals surface area contributed by atoms with Crippen molar-refractivity contribution in [3.05, 3.63) is 84.4 Å².